The number of amides is 1. The molecule has 3 rings (SSSR count). The van der Waals surface area contributed by atoms with Crippen molar-refractivity contribution >= 4 is 34.5 Å². The fourth-order valence-electron chi connectivity index (χ4n) is 3.03. The van der Waals surface area contributed by atoms with E-state index >= 15 is 0 Å². The van der Waals surface area contributed by atoms with E-state index in [1.54, 1.807) is 41.9 Å². The summed E-state index contributed by atoms with van der Waals surface area (Å²) in [5.41, 5.74) is 0.759. The molecule has 1 amide bonds. The van der Waals surface area contributed by atoms with E-state index < -0.39 is 0 Å². The normalized spacial score (nSPS) is 11.1. The number of nitrogens with zero attached hydrogens (tertiary/aromatic N) is 4. The van der Waals surface area contributed by atoms with E-state index in [2.05, 4.69) is 36.5 Å². The number of thioether (sulfide) groups is 1. The highest BCUT2D eigenvalue weighted by molar-refractivity contribution is 7.99. The van der Waals surface area contributed by atoms with Gasteiger partial charge in [0.1, 0.15) is 5.82 Å². The second-order valence-corrected chi connectivity index (χ2v) is 8.93. The van der Waals surface area contributed by atoms with E-state index in [0.29, 0.717) is 30.5 Å². The van der Waals surface area contributed by atoms with Crippen molar-refractivity contribution in [1.29, 1.82) is 0 Å². The Kier molecular flexibility index (Phi) is 9.17. The first-order chi connectivity index (χ1) is 16.0. The summed E-state index contributed by atoms with van der Waals surface area (Å²) in [4.78, 5) is 21.6. The molecule has 0 unspecified atom stereocenters. The highest BCUT2D eigenvalue weighted by atomic mass is 32.2. The number of rotatable bonds is 13. The first kappa shape index (κ1) is 24.6. The summed E-state index contributed by atoms with van der Waals surface area (Å²) in [6.07, 6.45) is 2.82. The third kappa shape index (κ3) is 6.98. The number of hydrogen-bond acceptors (Lipinski definition) is 8. The van der Waals surface area contributed by atoms with Crippen molar-refractivity contribution in [3.63, 3.8) is 0 Å². The molecule has 0 atom stereocenters. The van der Waals surface area contributed by atoms with Gasteiger partial charge >= 0.3 is 0 Å². The highest BCUT2D eigenvalue weighted by Gasteiger charge is 2.14. The zero-order chi connectivity index (χ0) is 23.6. The van der Waals surface area contributed by atoms with Crippen LogP contribution in [0, 0.1) is 5.92 Å². The van der Waals surface area contributed by atoms with Gasteiger partial charge in [0.25, 0.3) is 5.91 Å². The molecule has 0 saturated carbocycles. The molecule has 178 valence electrons. The van der Waals surface area contributed by atoms with Gasteiger partial charge in [0.05, 0.1) is 25.2 Å². The number of carbonyl (C=O) groups excluding carboxylic acids is 1. The Balaban J connectivity index is 1.62. The maximum absolute atomic E-state index is 12.2. The molecular formula is C23H32N6O3S. The van der Waals surface area contributed by atoms with Gasteiger partial charge in [-0.3, -0.25) is 4.79 Å². The zero-order valence-corrected chi connectivity index (χ0v) is 20.4. The standard InChI is InChI=1S/C23H32N6O3S/c1-5-12-33-23-27-21(25-13-16(2)3)17-14-26-29(22(17)28-23)11-10-24-20(30)15-32-19-9-7-6-8-18(19)31-4/h6-9,14,16H,5,10-13,15H2,1-4H3,(H,24,30)(H,25,27,28). The van der Waals surface area contributed by atoms with Crippen LogP contribution in [-0.2, 0) is 11.3 Å². The maximum atomic E-state index is 12.2. The topological polar surface area (TPSA) is 103 Å². The van der Waals surface area contributed by atoms with Gasteiger partial charge in [0.2, 0.25) is 0 Å². The van der Waals surface area contributed by atoms with Crippen molar-refractivity contribution in [2.24, 2.45) is 5.92 Å². The number of nitrogens with one attached hydrogen (secondary N) is 2. The first-order valence-electron chi connectivity index (χ1n) is 11.1. The Labute approximate surface area is 198 Å². The summed E-state index contributed by atoms with van der Waals surface area (Å²) < 4.78 is 12.6. The molecule has 0 radical (unpaired) electrons. The molecular weight excluding hydrogens is 440 g/mol. The number of benzene rings is 1. The van der Waals surface area contributed by atoms with Gasteiger partial charge in [-0.05, 0) is 24.5 Å². The van der Waals surface area contributed by atoms with Crippen LogP contribution in [-0.4, -0.2) is 58.2 Å². The smallest absolute Gasteiger partial charge is 0.258 e. The molecule has 2 aromatic heterocycles. The summed E-state index contributed by atoms with van der Waals surface area (Å²) in [7, 11) is 1.57. The number of carbonyl (C=O) groups is 1. The van der Waals surface area contributed by atoms with E-state index in [1.807, 2.05) is 12.1 Å². The van der Waals surface area contributed by atoms with Gasteiger partial charge in [-0.25, -0.2) is 14.6 Å². The van der Waals surface area contributed by atoms with Crippen LogP contribution in [0.2, 0.25) is 0 Å². The van der Waals surface area contributed by atoms with E-state index in [9.17, 15) is 4.79 Å². The van der Waals surface area contributed by atoms with Gasteiger partial charge in [-0.2, -0.15) is 5.10 Å². The molecule has 2 heterocycles. The largest absolute Gasteiger partial charge is 0.493 e. The third-order valence-electron chi connectivity index (χ3n) is 4.66. The lowest BCUT2D eigenvalue weighted by molar-refractivity contribution is -0.123. The van der Waals surface area contributed by atoms with Gasteiger partial charge in [-0.1, -0.05) is 44.7 Å². The number of para-hydroxylation sites is 2. The summed E-state index contributed by atoms with van der Waals surface area (Å²) >= 11 is 1.63. The van der Waals surface area contributed by atoms with Gasteiger partial charge < -0.3 is 20.1 Å². The van der Waals surface area contributed by atoms with Crippen LogP contribution < -0.4 is 20.1 Å². The van der Waals surface area contributed by atoms with Crippen molar-refractivity contribution in [3.05, 3.63) is 30.5 Å². The summed E-state index contributed by atoms with van der Waals surface area (Å²) in [6.45, 7) is 8.06. The first-order valence-corrected chi connectivity index (χ1v) is 12.1. The lowest BCUT2D eigenvalue weighted by atomic mass is 10.2. The third-order valence-corrected chi connectivity index (χ3v) is 5.72. The molecule has 0 bridgehead atoms. The molecule has 0 fully saturated rings. The summed E-state index contributed by atoms with van der Waals surface area (Å²) in [5.74, 6) is 3.14. The van der Waals surface area contributed by atoms with Crippen LogP contribution in [0.1, 0.15) is 27.2 Å². The fraction of sp³-hybridized carbons (Fsp3) is 0.478. The lowest BCUT2D eigenvalue weighted by Gasteiger charge is -2.12. The van der Waals surface area contributed by atoms with E-state index in [0.717, 1.165) is 40.7 Å². The summed E-state index contributed by atoms with van der Waals surface area (Å²) in [5, 5.41) is 12.4. The quantitative estimate of drug-likeness (QED) is 0.287. The molecule has 2 N–H and O–H groups in total. The Hall–Kier alpha value is -3.01. The molecule has 0 spiro atoms. The van der Waals surface area contributed by atoms with Crippen molar-refractivity contribution < 1.29 is 14.3 Å². The Bertz CT molecular complexity index is 1060. The second-order valence-electron chi connectivity index (χ2n) is 7.87. The Morgan fingerprint density at radius 3 is 2.73 bits per heavy atom. The monoisotopic (exact) mass is 472 g/mol. The fourth-order valence-corrected chi connectivity index (χ4v) is 3.72. The number of anilines is 1. The van der Waals surface area contributed by atoms with Crippen LogP contribution in [0.4, 0.5) is 5.82 Å². The van der Waals surface area contributed by atoms with E-state index in [-0.39, 0.29) is 12.5 Å². The Morgan fingerprint density at radius 2 is 2.00 bits per heavy atom. The number of methoxy groups -OCH3 is 1. The second kappa shape index (κ2) is 12.3. The average molecular weight is 473 g/mol. The van der Waals surface area contributed by atoms with Crippen molar-refractivity contribution in [2.45, 2.75) is 38.9 Å². The van der Waals surface area contributed by atoms with Crippen molar-refractivity contribution in [2.75, 3.05) is 37.9 Å². The minimum Gasteiger partial charge on any atom is -0.493 e. The Morgan fingerprint density at radius 1 is 1.21 bits per heavy atom. The highest BCUT2D eigenvalue weighted by Crippen LogP contribution is 2.26. The van der Waals surface area contributed by atoms with Crippen LogP contribution >= 0.6 is 11.8 Å². The zero-order valence-electron chi connectivity index (χ0n) is 19.6. The predicted octanol–water partition coefficient (Wildman–Crippen LogP) is 3.60. The van der Waals surface area contributed by atoms with Crippen molar-refractivity contribution in [3.8, 4) is 11.5 Å². The van der Waals surface area contributed by atoms with Crippen LogP contribution in [0.5, 0.6) is 11.5 Å². The average Bonchev–Trinajstić information content (AvgIpc) is 3.23. The predicted molar refractivity (Wildman–Crippen MR) is 131 cm³/mol. The van der Waals surface area contributed by atoms with Crippen molar-refractivity contribution in [1.82, 2.24) is 25.1 Å². The minimum absolute atomic E-state index is 0.0938. The minimum atomic E-state index is -0.217. The van der Waals surface area contributed by atoms with Gasteiger partial charge in [-0.15, -0.1) is 0 Å². The molecule has 0 saturated heterocycles. The SMILES string of the molecule is CCCSc1nc(NCC(C)C)c2cnn(CCNC(=O)COc3ccccc3OC)c2n1. The van der Waals surface area contributed by atoms with Crippen LogP contribution in [0.25, 0.3) is 11.0 Å². The van der Waals surface area contributed by atoms with E-state index in [1.165, 1.54) is 0 Å². The molecule has 3 aromatic rings. The molecule has 0 aliphatic heterocycles. The van der Waals surface area contributed by atoms with E-state index in [4.69, 9.17) is 19.4 Å². The maximum Gasteiger partial charge on any atom is 0.258 e. The molecule has 10 heteroatoms. The molecule has 0 aliphatic carbocycles. The molecule has 0 aliphatic rings. The van der Waals surface area contributed by atoms with Crippen LogP contribution in [0.3, 0.4) is 0 Å². The summed E-state index contributed by atoms with van der Waals surface area (Å²) in [6, 6.07) is 7.23. The van der Waals surface area contributed by atoms with Gasteiger partial charge in [0, 0.05) is 18.8 Å². The molecule has 33 heavy (non-hydrogen) atoms. The van der Waals surface area contributed by atoms with Crippen LogP contribution in [0.15, 0.2) is 35.6 Å². The van der Waals surface area contributed by atoms with Gasteiger partial charge in [0.15, 0.2) is 28.9 Å². The number of fused-ring (bicyclic) bond motifs is 1. The number of aromatic nitrogens is 4. The number of ether oxygens (including phenoxy) is 2. The molecule has 1 aromatic carbocycles. The lowest BCUT2D eigenvalue weighted by Crippen LogP contribution is -2.31. The number of hydrogen-bond donors (Lipinski definition) is 2. The molecule has 9 nitrogen and oxygen atoms in total.